The molecule has 1 aliphatic rings. The van der Waals surface area contributed by atoms with Crippen LogP contribution in [-0.2, 0) is 14.9 Å². The molecule has 1 rings (SSSR count). The predicted molar refractivity (Wildman–Crippen MR) is 62.5 cm³/mol. The minimum atomic E-state index is -3.37. The van der Waals surface area contributed by atoms with Gasteiger partial charge in [0, 0.05) is 33.3 Å². The van der Waals surface area contributed by atoms with E-state index in [0.717, 1.165) is 25.9 Å². The first-order valence-corrected chi connectivity index (χ1v) is 6.94. The first-order valence-electron chi connectivity index (χ1n) is 5.50. The van der Waals surface area contributed by atoms with Gasteiger partial charge in [0.05, 0.1) is 6.61 Å². The van der Waals surface area contributed by atoms with Crippen molar-refractivity contribution >= 4 is 10.2 Å². The fourth-order valence-corrected chi connectivity index (χ4v) is 2.83. The Bertz CT molecular complexity index is 288. The van der Waals surface area contributed by atoms with E-state index in [1.165, 1.54) is 4.31 Å². The van der Waals surface area contributed by atoms with Gasteiger partial charge in [-0.1, -0.05) is 0 Å². The first-order chi connectivity index (χ1) is 7.58. The summed E-state index contributed by atoms with van der Waals surface area (Å²) in [7, 11) is -0.206. The van der Waals surface area contributed by atoms with Crippen LogP contribution in [0.1, 0.15) is 12.8 Å². The fraction of sp³-hybridized carbons (Fsp3) is 1.00. The zero-order valence-corrected chi connectivity index (χ0v) is 10.7. The Morgan fingerprint density at radius 2 is 2.31 bits per heavy atom. The van der Waals surface area contributed by atoms with Crippen LogP contribution in [0.25, 0.3) is 0 Å². The van der Waals surface area contributed by atoms with Crippen molar-refractivity contribution < 1.29 is 13.2 Å². The van der Waals surface area contributed by atoms with Crippen LogP contribution in [0.3, 0.4) is 0 Å². The topological polar surface area (TPSA) is 70.7 Å². The van der Waals surface area contributed by atoms with Gasteiger partial charge < -0.3 is 10.1 Å². The van der Waals surface area contributed by atoms with E-state index in [1.807, 2.05) is 0 Å². The van der Waals surface area contributed by atoms with Gasteiger partial charge in [0.25, 0.3) is 10.2 Å². The first kappa shape index (κ1) is 13.9. The number of nitrogens with zero attached hydrogens (tertiary/aromatic N) is 1. The van der Waals surface area contributed by atoms with E-state index in [9.17, 15) is 8.42 Å². The molecule has 0 aromatic carbocycles. The summed E-state index contributed by atoms with van der Waals surface area (Å²) in [6, 6.07) is 0.0498. The molecule has 1 fully saturated rings. The summed E-state index contributed by atoms with van der Waals surface area (Å²) in [5.74, 6) is 0. The van der Waals surface area contributed by atoms with E-state index in [2.05, 4.69) is 10.0 Å². The summed E-state index contributed by atoms with van der Waals surface area (Å²) in [4.78, 5) is 0. The highest BCUT2D eigenvalue weighted by atomic mass is 32.2. The maximum Gasteiger partial charge on any atom is 0.279 e. The molecule has 0 radical (unpaired) electrons. The second-order valence-corrected chi connectivity index (χ2v) is 5.72. The molecule has 0 saturated carbocycles. The normalized spacial score (nSPS) is 22.6. The SMILES string of the molecule is COCCNS(=O)(=O)N(C)C1CCCNC1. The molecule has 1 unspecified atom stereocenters. The van der Waals surface area contributed by atoms with E-state index in [4.69, 9.17) is 4.74 Å². The third kappa shape index (κ3) is 3.99. The number of rotatable bonds is 6. The maximum atomic E-state index is 11.8. The van der Waals surface area contributed by atoms with Crippen molar-refractivity contribution in [2.45, 2.75) is 18.9 Å². The van der Waals surface area contributed by atoms with E-state index in [1.54, 1.807) is 14.2 Å². The zero-order chi connectivity index (χ0) is 12.0. The number of nitrogens with one attached hydrogen (secondary N) is 2. The minimum Gasteiger partial charge on any atom is -0.383 e. The van der Waals surface area contributed by atoms with Crippen molar-refractivity contribution in [1.29, 1.82) is 0 Å². The Balaban J connectivity index is 2.46. The van der Waals surface area contributed by atoms with Crippen LogP contribution in [0.5, 0.6) is 0 Å². The summed E-state index contributed by atoms with van der Waals surface area (Å²) < 4.78 is 32.4. The lowest BCUT2D eigenvalue weighted by Gasteiger charge is -2.30. The molecule has 7 heteroatoms. The van der Waals surface area contributed by atoms with Gasteiger partial charge in [-0.2, -0.15) is 17.4 Å². The summed E-state index contributed by atoms with van der Waals surface area (Å²) in [5.41, 5.74) is 0. The van der Waals surface area contributed by atoms with Crippen LogP contribution in [0.15, 0.2) is 0 Å². The largest absolute Gasteiger partial charge is 0.383 e. The number of methoxy groups -OCH3 is 1. The Hall–Kier alpha value is -0.210. The number of hydrogen-bond donors (Lipinski definition) is 2. The second-order valence-electron chi connectivity index (χ2n) is 3.91. The molecule has 0 amide bonds. The van der Waals surface area contributed by atoms with Gasteiger partial charge in [0.15, 0.2) is 0 Å². The van der Waals surface area contributed by atoms with Gasteiger partial charge in [0.2, 0.25) is 0 Å². The predicted octanol–water partition coefficient (Wildman–Crippen LogP) is -0.849. The molecule has 0 aliphatic carbocycles. The van der Waals surface area contributed by atoms with Gasteiger partial charge in [0.1, 0.15) is 0 Å². The lowest BCUT2D eigenvalue weighted by molar-refractivity contribution is 0.203. The number of ether oxygens (including phenoxy) is 1. The molecule has 0 aromatic rings. The van der Waals surface area contributed by atoms with Crippen LogP contribution in [0.4, 0.5) is 0 Å². The highest BCUT2D eigenvalue weighted by Gasteiger charge is 2.26. The highest BCUT2D eigenvalue weighted by molar-refractivity contribution is 7.87. The molecule has 1 aliphatic heterocycles. The Labute approximate surface area is 97.5 Å². The molecular formula is C9H21N3O3S. The van der Waals surface area contributed by atoms with E-state index in [0.29, 0.717) is 13.2 Å². The molecule has 0 bridgehead atoms. The third-order valence-electron chi connectivity index (χ3n) is 2.75. The van der Waals surface area contributed by atoms with Crippen LogP contribution < -0.4 is 10.0 Å². The monoisotopic (exact) mass is 251 g/mol. The van der Waals surface area contributed by atoms with Crippen molar-refractivity contribution in [1.82, 2.24) is 14.3 Å². The van der Waals surface area contributed by atoms with Crippen LogP contribution >= 0.6 is 0 Å². The molecule has 1 heterocycles. The molecule has 1 atom stereocenters. The molecular weight excluding hydrogens is 230 g/mol. The van der Waals surface area contributed by atoms with Crippen LogP contribution in [-0.4, -0.2) is 59.2 Å². The molecule has 0 aromatic heterocycles. The molecule has 96 valence electrons. The molecule has 1 saturated heterocycles. The Kier molecular flexibility index (Phi) is 5.63. The average molecular weight is 251 g/mol. The smallest absolute Gasteiger partial charge is 0.279 e. The van der Waals surface area contributed by atoms with Gasteiger partial charge in [-0.3, -0.25) is 0 Å². The molecule has 6 nitrogen and oxygen atoms in total. The highest BCUT2D eigenvalue weighted by Crippen LogP contribution is 2.11. The molecule has 2 N–H and O–H groups in total. The summed E-state index contributed by atoms with van der Waals surface area (Å²) in [6.45, 7) is 2.39. The van der Waals surface area contributed by atoms with Gasteiger partial charge in [-0.15, -0.1) is 0 Å². The van der Waals surface area contributed by atoms with Crippen molar-refractivity contribution in [3.05, 3.63) is 0 Å². The average Bonchev–Trinajstić information content (AvgIpc) is 2.29. The van der Waals surface area contributed by atoms with Crippen molar-refractivity contribution in [3.63, 3.8) is 0 Å². The summed E-state index contributed by atoms with van der Waals surface area (Å²) in [6.07, 6.45) is 1.93. The maximum absolute atomic E-state index is 11.8. The second kappa shape index (κ2) is 6.51. The number of piperidine rings is 1. The summed E-state index contributed by atoms with van der Waals surface area (Å²) >= 11 is 0. The third-order valence-corrected chi connectivity index (χ3v) is 4.38. The van der Waals surface area contributed by atoms with E-state index in [-0.39, 0.29) is 6.04 Å². The molecule has 16 heavy (non-hydrogen) atoms. The van der Waals surface area contributed by atoms with E-state index < -0.39 is 10.2 Å². The fourth-order valence-electron chi connectivity index (χ4n) is 1.71. The van der Waals surface area contributed by atoms with Crippen LogP contribution in [0, 0.1) is 0 Å². The summed E-state index contributed by atoms with van der Waals surface area (Å²) in [5, 5.41) is 3.20. The van der Waals surface area contributed by atoms with Crippen molar-refractivity contribution in [2.75, 3.05) is 40.4 Å². The Morgan fingerprint density at radius 1 is 1.56 bits per heavy atom. The van der Waals surface area contributed by atoms with Gasteiger partial charge in [-0.05, 0) is 19.4 Å². The molecule has 0 spiro atoms. The van der Waals surface area contributed by atoms with Gasteiger partial charge in [-0.25, -0.2) is 0 Å². The van der Waals surface area contributed by atoms with Crippen LogP contribution in [0.2, 0.25) is 0 Å². The standard InChI is InChI=1S/C9H21N3O3S/c1-12(9-4-3-5-10-8-9)16(13,14)11-6-7-15-2/h9-11H,3-8H2,1-2H3. The van der Waals surface area contributed by atoms with Gasteiger partial charge >= 0.3 is 0 Å². The van der Waals surface area contributed by atoms with Crippen molar-refractivity contribution in [3.8, 4) is 0 Å². The zero-order valence-electron chi connectivity index (χ0n) is 9.90. The van der Waals surface area contributed by atoms with Crippen molar-refractivity contribution in [2.24, 2.45) is 0 Å². The lowest BCUT2D eigenvalue weighted by Crippen LogP contribution is -2.50. The minimum absolute atomic E-state index is 0.0498. The van der Waals surface area contributed by atoms with E-state index >= 15 is 0 Å². The Morgan fingerprint density at radius 3 is 2.88 bits per heavy atom. The number of hydrogen-bond acceptors (Lipinski definition) is 4. The quantitative estimate of drug-likeness (QED) is 0.603. The lowest BCUT2D eigenvalue weighted by atomic mass is 10.1. The number of likely N-dealkylation sites (N-methyl/N-ethyl adjacent to an activating group) is 1.